The molecule has 1 fully saturated rings. The minimum atomic E-state index is 0.0291. The van der Waals surface area contributed by atoms with E-state index in [2.05, 4.69) is 10.6 Å². The van der Waals surface area contributed by atoms with Crippen LogP contribution in [0.4, 0.5) is 0 Å². The average Bonchev–Trinajstić information content (AvgIpc) is 2.84. The summed E-state index contributed by atoms with van der Waals surface area (Å²) in [5, 5.41) is 6.08. The second kappa shape index (κ2) is 8.48. The average molecular weight is 242 g/mol. The summed E-state index contributed by atoms with van der Waals surface area (Å²) in [5.74, 6) is 0.141. The van der Waals surface area contributed by atoms with Gasteiger partial charge in [0.15, 0.2) is 0 Å². The van der Waals surface area contributed by atoms with Crippen molar-refractivity contribution in [1.82, 2.24) is 10.6 Å². The summed E-state index contributed by atoms with van der Waals surface area (Å²) in [6.07, 6.45) is 5.38. The molecule has 1 aliphatic rings. The Labute approximate surface area is 104 Å². The molecule has 0 radical (unpaired) electrons. The van der Waals surface area contributed by atoms with Gasteiger partial charge in [-0.1, -0.05) is 26.7 Å². The van der Waals surface area contributed by atoms with Crippen molar-refractivity contribution in [3.8, 4) is 0 Å². The lowest BCUT2D eigenvalue weighted by Crippen LogP contribution is -2.37. The zero-order valence-corrected chi connectivity index (χ0v) is 11.1. The van der Waals surface area contributed by atoms with Crippen molar-refractivity contribution < 1.29 is 9.53 Å². The van der Waals surface area contributed by atoms with Gasteiger partial charge in [0.2, 0.25) is 5.91 Å². The van der Waals surface area contributed by atoms with Crippen molar-refractivity contribution in [3.63, 3.8) is 0 Å². The molecule has 0 aliphatic heterocycles. The third-order valence-electron chi connectivity index (χ3n) is 3.21. The summed E-state index contributed by atoms with van der Waals surface area (Å²) >= 11 is 0. The molecule has 1 aliphatic carbocycles. The third kappa shape index (κ3) is 6.03. The minimum absolute atomic E-state index is 0.0291. The van der Waals surface area contributed by atoms with Crippen LogP contribution in [0.5, 0.6) is 0 Å². The van der Waals surface area contributed by atoms with Crippen LogP contribution >= 0.6 is 0 Å². The van der Waals surface area contributed by atoms with Crippen molar-refractivity contribution >= 4 is 5.91 Å². The maximum Gasteiger partial charge on any atom is 0.224 e. The molecule has 0 aromatic heterocycles. The molecule has 100 valence electrons. The molecule has 1 saturated carbocycles. The predicted octanol–water partition coefficient (Wildman–Crippen LogP) is 1.31. The molecule has 0 heterocycles. The first-order valence-electron chi connectivity index (χ1n) is 6.84. The van der Waals surface area contributed by atoms with E-state index in [0.29, 0.717) is 19.3 Å². The van der Waals surface area contributed by atoms with E-state index in [1.165, 1.54) is 25.7 Å². The smallest absolute Gasteiger partial charge is 0.224 e. The SMILES string of the molecule is CCNCC(C)C(=O)NCCOC1CCCC1. The van der Waals surface area contributed by atoms with E-state index in [0.717, 1.165) is 13.1 Å². The third-order valence-corrected chi connectivity index (χ3v) is 3.21. The van der Waals surface area contributed by atoms with E-state index in [4.69, 9.17) is 4.74 Å². The first-order chi connectivity index (χ1) is 8.24. The molecule has 2 N–H and O–H groups in total. The van der Waals surface area contributed by atoms with Gasteiger partial charge in [-0.2, -0.15) is 0 Å². The lowest BCUT2D eigenvalue weighted by molar-refractivity contribution is -0.124. The summed E-state index contributed by atoms with van der Waals surface area (Å²) in [6, 6.07) is 0. The van der Waals surface area contributed by atoms with Crippen molar-refractivity contribution in [3.05, 3.63) is 0 Å². The second-order valence-corrected chi connectivity index (χ2v) is 4.78. The molecule has 1 atom stereocenters. The number of carbonyl (C=O) groups is 1. The predicted molar refractivity (Wildman–Crippen MR) is 68.9 cm³/mol. The topological polar surface area (TPSA) is 50.4 Å². The van der Waals surface area contributed by atoms with Gasteiger partial charge < -0.3 is 15.4 Å². The van der Waals surface area contributed by atoms with Crippen LogP contribution in [0.1, 0.15) is 39.5 Å². The highest BCUT2D eigenvalue weighted by atomic mass is 16.5. The maximum atomic E-state index is 11.6. The molecule has 0 saturated heterocycles. The van der Waals surface area contributed by atoms with E-state index < -0.39 is 0 Å². The van der Waals surface area contributed by atoms with Gasteiger partial charge in [-0.05, 0) is 19.4 Å². The van der Waals surface area contributed by atoms with E-state index in [1.807, 2.05) is 13.8 Å². The van der Waals surface area contributed by atoms with Crippen LogP contribution in [0.25, 0.3) is 0 Å². The molecule has 4 nitrogen and oxygen atoms in total. The monoisotopic (exact) mass is 242 g/mol. The van der Waals surface area contributed by atoms with Gasteiger partial charge in [-0.25, -0.2) is 0 Å². The largest absolute Gasteiger partial charge is 0.376 e. The van der Waals surface area contributed by atoms with Gasteiger partial charge in [0.05, 0.1) is 12.7 Å². The lowest BCUT2D eigenvalue weighted by atomic mass is 10.1. The Bertz CT molecular complexity index is 215. The van der Waals surface area contributed by atoms with Gasteiger partial charge in [0.25, 0.3) is 0 Å². The fourth-order valence-electron chi connectivity index (χ4n) is 2.08. The summed E-state index contributed by atoms with van der Waals surface area (Å²) in [7, 11) is 0. The molecule has 1 amide bonds. The summed E-state index contributed by atoms with van der Waals surface area (Å²) < 4.78 is 5.68. The van der Waals surface area contributed by atoms with E-state index in [1.54, 1.807) is 0 Å². The Morgan fingerprint density at radius 2 is 2.12 bits per heavy atom. The highest BCUT2D eigenvalue weighted by Crippen LogP contribution is 2.20. The fourth-order valence-corrected chi connectivity index (χ4v) is 2.08. The van der Waals surface area contributed by atoms with Crippen LogP contribution in [-0.2, 0) is 9.53 Å². The molecule has 1 rings (SSSR count). The Kier molecular flexibility index (Phi) is 7.21. The van der Waals surface area contributed by atoms with Crippen LogP contribution in [0.2, 0.25) is 0 Å². The standard InChI is InChI=1S/C13H26N2O2/c1-3-14-10-11(2)13(16)15-8-9-17-12-6-4-5-7-12/h11-12,14H,3-10H2,1-2H3,(H,15,16). The maximum absolute atomic E-state index is 11.6. The zero-order valence-electron chi connectivity index (χ0n) is 11.1. The Morgan fingerprint density at radius 3 is 2.76 bits per heavy atom. The molecule has 0 spiro atoms. The van der Waals surface area contributed by atoms with Gasteiger partial charge in [-0.3, -0.25) is 4.79 Å². The number of ether oxygens (including phenoxy) is 1. The highest BCUT2D eigenvalue weighted by molar-refractivity contribution is 5.78. The lowest BCUT2D eigenvalue weighted by Gasteiger charge is -2.14. The number of hydrogen-bond acceptors (Lipinski definition) is 3. The first-order valence-corrected chi connectivity index (χ1v) is 6.84. The molecular formula is C13H26N2O2. The van der Waals surface area contributed by atoms with Gasteiger partial charge in [-0.15, -0.1) is 0 Å². The molecule has 1 unspecified atom stereocenters. The van der Waals surface area contributed by atoms with Gasteiger partial charge in [0.1, 0.15) is 0 Å². The summed E-state index contributed by atoms with van der Waals surface area (Å²) in [4.78, 5) is 11.6. The molecular weight excluding hydrogens is 216 g/mol. The van der Waals surface area contributed by atoms with Gasteiger partial charge >= 0.3 is 0 Å². The van der Waals surface area contributed by atoms with Crippen LogP contribution < -0.4 is 10.6 Å². The van der Waals surface area contributed by atoms with Crippen LogP contribution in [0.15, 0.2) is 0 Å². The zero-order chi connectivity index (χ0) is 12.5. The molecule has 4 heteroatoms. The van der Waals surface area contributed by atoms with E-state index in [-0.39, 0.29) is 11.8 Å². The number of amides is 1. The Morgan fingerprint density at radius 1 is 1.41 bits per heavy atom. The number of rotatable bonds is 8. The molecule has 0 aromatic rings. The normalized spacial score (nSPS) is 18.2. The van der Waals surface area contributed by atoms with Gasteiger partial charge in [0, 0.05) is 19.0 Å². The number of nitrogens with one attached hydrogen (secondary N) is 2. The number of hydrogen-bond donors (Lipinski definition) is 2. The number of carbonyl (C=O) groups excluding carboxylic acids is 1. The molecule has 0 aromatic carbocycles. The van der Waals surface area contributed by atoms with Crippen LogP contribution in [-0.4, -0.2) is 38.3 Å². The van der Waals surface area contributed by atoms with Crippen molar-refractivity contribution in [1.29, 1.82) is 0 Å². The summed E-state index contributed by atoms with van der Waals surface area (Å²) in [6.45, 7) is 6.90. The van der Waals surface area contributed by atoms with Crippen molar-refractivity contribution in [2.75, 3.05) is 26.2 Å². The van der Waals surface area contributed by atoms with Crippen molar-refractivity contribution in [2.24, 2.45) is 5.92 Å². The minimum Gasteiger partial charge on any atom is -0.376 e. The van der Waals surface area contributed by atoms with E-state index in [9.17, 15) is 4.79 Å². The first kappa shape index (κ1) is 14.5. The Balaban J connectivity index is 1.98. The highest BCUT2D eigenvalue weighted by Gasteiger charge is 2.15. The summed E-state index contributed by atoms with van der Waals surface area (Å²) in [5.41, 5.74) is 0. The van der Waals surface area contributed by atoms with E-state index >= 15 is 0 Å². The quantitative estimate of drug-likeness (QED) is 0.631. The van der Waals surface area contributed by atoms with Crippen molar-refractivity contribution in [2.45, 2.75) is 45.6 Å². The Hall–Kier alpha value is -0.610. The second-order valence-electron chi connectivity index (χ2n) is 4.78. The molecule has 17 heavy (non-hydrogen) atoms. The molecule has 0 bridgehead atoms. The fraction of sp³-hybridized carbons (Fsp3) is 0.923. The van der Waals surface area contributed by atoms with Crippen LogP contribution in [0, 0.1) is 5.92 Å². The van der Waals surface area contributed by atoms with Crippen LogP contribution in [0.3, 0.4) is 0 Å².